The number of rotatable bonds is 3. The highest BCUT2D eigenvalue weighted by molar-refractivity contribution is 5.14. The van der Waals surface area contributed by atoms with Crippen molar-refractivity contribution < 1.29 is 4.42 Å². The van der Waals surface area contributed by atoms with Crippen LogP contribution in [0, 0.1) is 6.92 Å². The van der Waals surface area contributed by atoms with Crippen LogP contribution in [-0.4, -0.2) is 24.0 Å². The van der Waals surface area contributed by atoms with Crippen LogP contribution in [0.25, 0.3) is 0 Å². The molecule has 3 heteroatoms. The van der Waals surface area contributed by atoms with Crippen LogP contribution in [-0.2, 0) is 6.54 Å². The Hall–Kier alpha value is -0.800. The number of hydrogen-bond acceptors (Lipinski definition) is 3. The lowest BCUT2D eigenvalue weighted by atomic mass is 10.2. The summed E-state index contributed by atoms with van der Waals surface area (Å²) in [5.41, 5.74) is 6.96. The van der Waals surface area contributed by atoms with E-state index in [9.17, 15) is 0 Å². The van der Waals surface area contributed by atoms with Crippen LogP contribution in [0.5, 0.6) is 0 Å². The van der Waals surface area contributed by atoms with Gasteiger partial charge in [0.1, 0.15) is 5.76 Å². The van der Waals surface area contributed by atoms with Crippen LogP contribution in [0.1, 0.15) is 24.2 Å². The third kappa shape index (κ3) is 1.83. The lowest BCUT2D eigenvalue weighted by molar-refractivity contribution is 0.229. The summed E-state index contributed by atoms with van der Waals surface area (Å²) in [5.74, 6) is 1.09. The molecule has 0 bridgehead atoms. The van der Waals surface area contributed by atoms with E-state index in [-0.39, 0.29) is 0 Å². The number of likely N-dealkylation sites (tertiary alicyclic amines) is 1. The highest BCUT2D eigenvalue weighted by Gasteiger charge is 2.24. The minimum Gasteiger partial charge on any atom is -0.468 e. The van der Waals surface area contributed by atoms with Crippen LogP contribution < -0.4 is 5.73 Å². The molecule has 78 valence electrons. The van der Waals surface area contributed by atoms with Crippen LogP contribution in [0.15, 0.2) is 16.7 Å². The van der Waals surface area contributed by atoms with Crippen LogP contribution in [0.2, 0.25) is 0 Å². The van der Waals surface area contributed by atoms with E-state index in [4.69, 9.17) is 10.2 Å². The van der Waals surface area contributed by atoms with Gasteiger partial charge in [0.25, 0.3) is 0 Å². The Kier molecular flexibility index (Phi) is 2.89. The summed E-state index contributed by atoms with van der Waals surface area (Å²) in [7, 11) is 0. The zero-order valence-corrected chi connectivity index (χ0v) is 8.70. The summed E-state index contributed by atoms with van der Waals surface area (Å²) in [5, 5.41) is 0. The van der Waals surface area contributed by atoms with Crippen molar-refractivity contribution in [3.8, 4) is 0 Å². The van der Waals surface area contributed by atoms with E-state index in [1.54, 1.807) is 6.26 Å². The van der Waals surface area contributed by atoms with E-state index >= 15 is 0 Å². The molecule has 1 aromatic rings. The van der Waals surface area contributed by atoms with Crippen LogP contribution >= 0.6 is 0 Å². The van der Waals surface area contributed by atoms with E-state index in [0.29, 0.717) is 6.04 Å². The van der Waals surface area contributed by atoms with Gasteiger partial charge >= 0.3 is 0 Å². The fourth-order valence-electron chi connectivity index (χ4n) is 2.12. The average Bonchev–Trinajstić information content (AvgIpc) is 2.77. The Morgan fingerprint density at radius 2 is 2.50 bits per heavy atom. The van der Waals surface area contributed by atoms with Gasteiger partial charge in [0, 0.05) is 12.6 Å². The van der Waals surface area contributed by atoms with Crippen molar-refractivity contribution in [2.75, 3.05) is 13.1 Å². The van der Waals surface area contributed by atoms with Crippen molar-refractivity contribution in [2.24, 2.45) is 5.73 Å². The first kappa shape index (κ1) is 9.74. The molecule has 0 amide bonds. The minimum absolute atomic E-state index is 0.555. The van der Waals surface area contributed by atoms with Gasteiger partial charge in [-0.1, -0.05) is 0 Å². The van der Waals surface area contributed by atoms with Crippen molar-refractivity contribution in [3.63, 3.8) is 0 Å². The molecule has 1 aliphatic heterocycles. The van der Waals surface area contributed by atoms with Crippen LogP contribution in [0.3, 0.4) is 0 Å². The lowest BCUT2D eigenvalue weighted by Gasteiger charge is -2.22. The monoisotopic (exact) mass is 194 g/mol. The van der Waals surface area contributed by atoms with E-state index < -0.39 is 0 Å². The Labute approximate surface area is 84.9 Å². The predicted octanol–water partition coefficient (Wildman–Crippen LogP) is 1.51. The lowest BCUT2D eigenvalue weighted by Crippen LogP contribution is -2.34. The van der Waals surface area contributed by atoms with E-state index in [1.807, 2.05) is 6.07 Å². The second-order valence-corrected chi connectivity index (χ2v) is 4.03. The predicted molar refractivity (Wildman–Crippen MR) is 55.9 cm³/mol. The van der Waals surface area contributed by atoms with Crippen LogP contribution in [0.4, 0.5) is 0 Å². The normalized spacial score (nSPS) is 23.1. The molecule has 1 aromatic heterocycles. The highest BCUT2D eigenvalue weighted by Crippen LogP contribution is 2.20. The van der Waals surface area contributed by atoms with Gasteiger partial charge in [0.15, 0.2) is 0 Å². The number of nitrogens with zero attached hydrogens (tertiary/aromatic N) is 1. The SMILES string of the molecule is Cc1ccoc1CN1CCCC1CN. The molecule has 0 aromatic carbocycles. The second-order valence-electron chi connectivity index (χ2n) is 4.03. The smallest absolute Gasteiger partial charge is 0.120 e. The largest absolute Gasteiger partial charge is 0.468 e. The van der Waals surface area contributed by atoms with Gasteiger partial charge in [-0.25, -0.2) is 0 Å². The van der Waals surface area contributed by atoms with Gasteiger partial charge in [0.05, 0.1) is 12.8 Å². The Morgan fingerprint density at radius 1 is 1.64 bits per heavy atom. The third-order valence-corrected chi connectivity index (χ3v) is 3.09. The molecule has 1 unspecified atom stereocenters. The summed E-state index contributed by atoms with van der Waals surface area (Å²) in [6.45, 7) is 4.93. The molecule has 1 saturated heterocycles. The molecule has 3 nitrogen and oxygen atoms in total. The summed E-state index contributed by atoms with van der Waals surface area (Å²) >= 11 is 0. The molecule has 0 radical (unpaired) electrons. The van der Waals surface area contributed by atoms with E-state index in [1.165, 1.54) is 18.4 Å². The van der Waals surface area contributed by atoms with Crippen molar-refractivity contribution in [1.82, 2.24) is 4.90 Å². The molecule has 1 fully saturated rings. The molecule has 0 spiro atoms. The average molecular weight is 194 g/mol. The fraction of sp³-hybridized carbons (Fsp3) is 0.636. The summed E-state index contributed by atoms with van der Waals surface area (Å²) in [6, 6.07) is 2.57. The first-order valence-corrected chi connectivity index (χ1v) is 5.28. The van der Waals surface area contributed by atoms with Gasteiger partial charge in [-0.15, -0.1) is 0 Å². The highest BCUT2D eigenvalue weighted by atomic mass is 16.3. The Balaban J connectivity index is 2.00. The molecule has 2 N–H and O–H groups in total. The minimum atomic E-state index is 0.555. The summed E-state index contributed by atoms with van der Waals surface area (Å²) < 4.78 is 5.44. The fourth-order valence-corrected chi connectivity index (χ4v) is 2.12. The van der Waals surface area contributed by atoms with Crippen molar-refractivity contribution >= 4 is 0 Å². The zero-order chi connectivity index (χ0) is 9.97. The molecular weight excluding hydrogens is 176 g/mol. The maximum absolute atomic E-state index is 5.72. The Morgan fingerprint density at radius 3 is 3.14 bits per heavy atom. The quantitative estimate of drug-likeness (QED) is 0.793. The van der Waals surface area contributed by atoms with Gasteiger partial charge < -0.3 is 10.2 Å². The first-order valence-electron chi connectivity index (χ1n) is 5.28. The molecule has 2 heterocycles. The van der Waals surface area contributed by atoms with Gasteiger partial charge in [-0.3, -0.25) is 4.90 Å². The standard InChI is InChI=1S/C11H18N2O/c1-9-4-6-14-11(9)8-13-5-2-3-10(13)7-12/h4,6,10H,2-3,5,7-8,12H2,1H3. The van der Waals surface area contributed by atoms with E-state index in [2.05, 4.69) is 11.8 Å². The summed E-state index contributed by atoms with van der Waals surface area (Å²) in [4.78, 5) is 2.42. The number of furan rings is 1. The molecule has 14 heavy (non-hydrogen) atoms. The number of hydrogen-bond donors (Lipinski definition) is 1. The zero-order valence-electron chi connectivity index (χ0n) is 8.70. The second kappa shape index (κ2) is 4.15. The third-order valence-electron chi connectivity index (χ3n) is 3.09. The first-order chi connectivity index (χ1) is 6.81. The maximum Gasteiger partial charge on any atom is 0.120 e. The molecule has 1 atom stereocenters. The summed E-state index contributed by atoms with van der Waals surface area (Å²) in [6.07, 6.45) is 4.26. The molecular formula is C11H18N2O. The molecule has 1 aliphatic rings. The van der Waals surface area contributed by atoms with Crippen molar-refractivity contribution in [3.05, 3.63) is 23.7 Å². The van der Waals surface area contributed by atoms with Crippen molar-refractivity contribution in [2.45, 2.75) is 32.4 Å². The Bertz CT molecular complexity index is 295. The van der Waals surface area contributed by atoms with Gasteiger partial charge in [-0.05, 0) is 37.9 Å². The number of aryl methyl sites for hydroxylation is 1. The number of nitrogens with two attached hydrogens (primary N) is 1. The van der Waals surface area contributed by atoms with Crippen molar-refractivity contribution in [1.29, 1.82) is 0 Å². The topological polar surface area (TPSA) is 42.4 Å². The maximum atomic E-state index is 5.72. The molecule has 2 rings (SSSR count). The molecule has 0 aliphatic carbocycles. The van der Waals surface area contributed by atoms with E-state index in [0.717, 1.165) is 25.4 Å². The molecule has 0 saturated carbocycles. The van der Waals surface area contributed by atoms with Gasteiger partial charge in [-0.2, -0.15) is 0 Å². The van der Waals surface area contributed by atoms with Gasteiger partial charge in [0.2, 0.25) is 0 Å².